The molecule has 0 bridgehead atoms. The molecule has 5 nitrogen and oxygen atoms in total. The third-order valence-electron chi connectivity index (χ3n) is 4.25. The molecule has 0 aliphatic carbocycles. The fourth-order valence-corrected chi connectivity index (χ4v) is 3.00. The number of hydrogen-bond donors (Lipinski definition) is 1. The molecule has 1 aromatic carbocycles. The second-order valence-electron chi connectivity index (χ2n) is 6.36. The quantitative estimate of drug-likeness (QED) is 0.703. The molecule has 0 unspecified atom stereocenters. The first-order chi connectivity index (χ1) is 11.7. The van der Waals surface area contributed by atoms with Gasteiger partial charge in [-0.1, -0.05) is 29.8 Å². The molecule has 5 heteroatoms. The fraction of sp³-hybridized carbons (Fsp3) is 0.632. The maximum atomic E-state index is 11.9. The molecule has 1 saturated heterocycles. The van der Waals surface area contributed by atoms with Gasteiger partial charge in [-0.15, -0.1) is 0 Å². The number of nitrogens with one attached hydrogen (secondary N) is 1. The number of carbonyl (C=O) groups is 1. The van der Waals surface area contributed by atoms with Crippen LogP contribution in [0.3, 0.4) is 0 Å². The van der Waals surface area contributed by atoms with E-state index in [2.05, 4.69) is 41.4 Å². The molecule has 0 saturated carbocycles. The van der Waals surface area contributed by atoms with Gasteiger partial charge in [0.1, 0.15) is 6.61 Å². The van der Waals surface area contributed by atoms with Gasteiger partial charge < -0.3 is 14.8 Å². The van der Waals surface area contributed by atoms with E-state index in [0.29, 0.717) is 19.8 Å². The van der Waals surface area contributed by atoms with E-state index in [1.807, 2.05) is 6.92 Å². The molecule has 0 atom stereocenters. The van der Waals surface area contributed by atoms with E-state index in [1.54, 1.807) is 0 Å². The van der Waals surface area contributed by atoms with Crippen molar-refractivity contribution in [2.75, 3.05) is 39.5 Å². The van der Waals surface area contributed by atoms with Crippen LogP contribution in [0.5, 0.6) is 0 Å². The highest BCUT2D eigenvalue weighted by molar-refractivity contribution is 5.77. The summed E-state index contributed by atoms with van der Waals surface area (Å²) in [4.78, 5) is 14.3. The number of likely N-dealkylation sites (tertiary alicyclic amines) is 1. The molecule has 1 N–H and O–H groups in total. The zero-order valence-electron chi connectivity index (χ0n) is 14.9. The highest BCUT2D eigenvalue weighted by Crippen LogP contribution is 2.14. The van der Waals surface area contributed by atoms with Gasteiger partial charge >= 0.3 is 0 Å². The van der Waals surface area contributed by atoms with Crippen molar-refractivity contribution in [1.29, 1.82) is 0 Å². The van der Waals surface area contributed by atoms with Gasteiger partial charge in [0.25, 0.3) is 0 Å². The minimum Gasteiger partial charge on any atom is -0.379 e. The summed E-state index contributed by atoms with van der Waals surface area (Å²) in [5.41, 5.74) is 2.67. The normalized spacial score (nSPS) is 16.2. The van der Waals surface area contributed by atoms with E-state index >= 15 is 0 Å². The van der Waals surface area contributed by atoms with Crippen LogP contribution in [0.4, 0.5) is 0 Å². The molecular formula is C19H30N2O3. The zero-order valence-corrected chi connectivity index (χ0v) is 14.9. The van der Waals surface area contributed by atoms with Crippen LogP contribution >= 0.6 is 0 Å². The molecule has 1 aliphatic rings. The second-order valence-corrected chi connectivity index (χ2v) is 6.36. The lowest BCUT2D eigenvalue weighted by Gasteiger charge is -2.32. The predicted molar refractivity (Wildman–Crippen MR) is 94.9 cm³/mol. The molecule has 0 spiro atoms. The summed E-state index contributed by atoms with van der Waals surface area (Å²) in [5, 5.41) is 3.07. The van der Waals surface area contributed by atoms with Crippen molar-refractivity contribution in [2.24, 2.45) is 0 Å². The Hall–Kier alpha value is -1.43. The maximum Gasteiger partial charge on any atom is 0.246 e. The van der Waals surface area contributed by atoms with Crippen molar-refractivity contribution in [3.05, 3.63) is 35.4 Å². The minimum absolute atomic E-state index is 0.0244. The smallest absolute Gasteiger partial charge is 0.246 e. The standard InChI is InChI=1S/C19H30N2O3/c1-3-23-11-12-24-15-19(22)20-18-7-9-21(10-8-18)14-17-6-4-5-16(2)13-17/h4-6,13,18H,3,7-12,14-15H2,1-2H3,(H,20,22). The Morgan fingerprint density at radius 3 is 2.71 bits per heavy atom. The first kappa shape index (κ1) is 18.9. The fourth-order valence-electron chi connectivity index (χ4n) is 3.00. The Morgan fingerprint density at radius 2 is 2.00 bits per heavy atom. The molecule has 0 radical (unpaired) electrons. The first-order valence-electron chi connectivity index (χ1n) is 8.90. The number of carbonyl (C=O) groups excluding carboxylic acids is 1. The molecular weight excluding hydrogens is 304 g/mol. The Morgan fingerprint density at radius 1 is 1.25 bits per heavy atom. The monoisotopic (exact) mass is 334 g/mol. The number of benzene rings is 1. The van der Waals surface area contributed by atoms with Crippen LogP contribution in [0.2, 0.25) is 0 Å². The molecule has 1 fully saturated rings. The van der Waals surface area contributed by atoms with E-state index in [9.17, 15) is 4.79 Å². The van der Waals surface area contributed by atoms with Gasteiger partial charge in [-0.3, -0.25) is 9.69 Å². The topological polar surface area (TPSA) is 50.8 Å². The molecule has 134 valence electrons. The number of hydrogen-bond acceptors (Lipinski definition) is 4. The van der Waals surface area contributed by atoms with Gasteiger partial charge in [-0.25, -0.2) is 0 Å². The Balaban J connectivity index is 1.61. The third kappa shape index (κ3) is 6.99. The van der Waals surface area contributed by atoms with Crippen LogP contribution in [0.15, 0.2) is 24.3 Å². The van der Waals surface area contributed by atoms with Gasteiger partial charge in [0.05, 0.1) is 13.2 Å². The summed E-state index contributed by atoms with van der Waals surface area (Å²) in [6.45, 7) is 8.90. The third-order valence-corrected chi connectivity index (χ3v) is 4.25. The molecule has 0 aromatic heterocycles. The van der Waals surface area contributed by atoms with Gasteiger partial charge in [-0.05, 0) is 32.3 Å². The molecule has 1 aliphatic heterocycles. The van der Waals surface area contributed by atoms with Gasteiger partial charge in [0.2, 0.25) is 5.91 Å². The van der Waals surface area contributed by atoms with E-state index in [0.717, 1.165) is 32.5 Å². The minimum atomic E-state index is -0.0244. The second kappa shape index (κ2) is 10.4. The van der Waals surface area contributed by atoms with E-state index < -0.39 is 0 Å². The lowest BCUT2D eigenvalue weighted by Crippen LogP contribution is -2.45. The van der Waals surface area contributed by atoms with Crippen LogP contribution in [0, 0.1) is 6.92 Å². The highest BCUT2D eigenvalue weighted by Gasteiger charge is 2.20. The largest absolute Gasteiger partial charge is 0.379 e. The van der Waals surface area contributed by atoms with Crippen molar-refractivity contribution in [3.8, 4) is 0 Å². The highest BCUT2D eigenvalue weighted by atomic mass is 16.5. The van der Waals surface area contributed by atoms with Crippen LogP contribution in [0.25, 0.3) is 0 Å². The average Bonchev–Trinajstić information content (AvgIpc) is 2.56. The van der Waals surface area contributed by atoms with E-state index in [-0.39, 0.29) is 18.6 Å². The average molecular weight is 334 g/mol. The van der Waals surface area contributed by atoms with Crippen LogP contribution < -0.4 is 5.32 Å². The van der Waals surface area contributed by atoms with Gasteiger partial charge in [0.15, 0.2) is 0 Å². The summed E-state index contributed by atoms with van der Waals surface area (Å²) < 4.78 is 10.5. The van der Waals surface area contributed by atoms with Crippen molar-refractivity contribution >= 4 is 5.91 Å². The first-order valence-corrected chi connectivity index (χ1v) is 8.90. The molecule has 2 rings (SSSR count). The number of piperidine rings is 1. The number of amides is 1. The number of nitrogens with zero attached hydrogens (tertiary/aromatic N) is 1. The van der Waals surface area contributed by atoms with Crippen molar-refractivity contribution in [2.45, 2.75) is 39.3 Å². The lowest BCUT2D eigenvalue weighted by atomic mass is 10.0. The van der Waals surface area contributed by atoms with Gasteiger partial charge in [-0.2, -0.15) is 0 Å². The molecule has 1 heterocycles. The van der Waals surface area contributed by atoms with Crippen molar-refractivity contribution in [3.63, 3.8) is 0 Å². The number of aryl methyl sites for hydroxylation is 1. The Bertz CT molecular complexity index is 499. The van der Waals surface area contributed by atoms with E-state index in [1.165, 1.54) is 11.1 Å². The number of rotatable bonds is 9. The van der Waals surface area contributed by atoms with Crippen LogP contribution in [-0.2, 0) is 20.8 Å². The zero-order chi connectivity index (χ0) is 17.2. The number of ether oxygens (including phenoxy) is 2. The summed E-state index contributed by atoms with van der Waals surface area (Å²) in [7, 11) is 0. The van der Waals surface area contributed by atoms with Crippen molar-refractivity contribution in [1.82, 2.24) is 10.2 Å². The van der Waals surface area contributed by atoms with Crippen LogP contribution in [0.1, 0.15) is 30.9 Å². The maximum absolute atomic E-state index is 11.9. The molecule has 1 amide bonds. The van der Waals surface area contributed by atoms with Gasteiger partial charge in [0, 0.05) is 32.3 Å². The molecule has 1 aromatic rings. The summed E-state index contributed by atoms with van der Waals surface area (Å²) >= 11 is 0. The predicted octanol–water partition coefficient (Wildman–Crippen LogP) is 2.13. The lowest BCUT2D eigenvalue weighted by molar-refractivity contribution is -0.127. The summed E-state index contributed by atoms with van der Waals surface area (Å²) in [6, 6.07) is 8.93. The summed E-state index contributed by atoms with van der Waals surface area (Å²) in [5.74, 6) is -0.0244. The van der Waals surface area contributed by atoms with E-state index in [4.69, 9.17) is 9.47 Å². The van der Waals surface area contributed by atoms with Crippen molar-refractivity contribution < 1.29 is 14.3 Å². The summed E-state index contributed by atoms with van der Waals surface area (Å²) in [6.07, 6.45) is 1.99. The van der Waals surface area contributed by atoms with Crippen LogP contribution in [-0.4, -0.2) is 56.4 Å². The Kier molecular flexibility index (Phi) is 8.22. The molecule has 24 heavy (non-hydrogen) atoms. The SMILES string of the molecule is CCOCCOCC(=O)NC1CCN(Cc2cccc(C)c2)CC1. The Labute approximate surface area is 145 Å².